The number of hydrogen-bond donors (Lipinski definition) is 0. The second kappa shape index (κ2) is 7.14. The predicted octanol–water partition coefficient (Wildman–Crippen LogP) is 2.94. The number of carbonyl (C=O) groups is 1. The van der Waals surface area contributed by atoms with Crippen LogP contribution in [-0.4, -0.2) is 19.2 Å². The van der Waals surface area contributed by atoms with Gasteiger partial charge in [-0.25, -0.2) is 4.79 Å². The van der Waals surface area contributed by atoms with Crippen LogP contribution < -0.4 is 14.2 Å². The Balaban J connectivity index is 2.01. The average Bonchev–Trinajstić information content (AvgIpc) is 2.56. The van der Waals surface area contributed by atoms with Crippen molar-refractivity contribution in [3.63, 3.8) is 0 Å². The van der Waals surface area contributed by atoms with Crippen LogP contribution in [0.2, 0.25) is 0 Å². The fraction of sp³-hybridized carbons (Fsp3) is 0.176. The molecule has 0 aromatic heterocycles. The first-order valence-corrected chi connectivity index (χ1v) is 6.65. The lowest BCUT2D eigenvalue weighted by Crippen LogP contribution is -2.28. The number of para-hydroxylation sites is 2. The van der Waals surface area contributed by atoms with Crippen molar-refractivity contribution in [2.45, 2.75) is 13.0 Å². The predicted molar refractivity (Wildman–Crippen MR) is 79.9 cm³/mol. The topological polar surface area (TPSA) is 68.6 Å². The standard InChI is InChI=1S/C17H15NO4/c1-12(21-14-9-7-13(11-18)8-10-14)17(19)22-16-6-4-3-5-15(16)20-2/h3-10,12H,1-2H3. The summed E-state index contributed by atoms with van der Waals surface area (Å²) in [4.78, 5) is 12.1. The summed E-state index contributed by atoms with van der Waals surface area (Å²) < 4.78 is 15.9. The zero-order valence-corrected chi connectivity index (χ0v) is 12.3. The van der Waals surface area contributed by atoms with Crippen LogP contribution in [0.4, 0.5) is 0 Å². The summed E-state index contributed by atoms with van der Waals surface area (Å²) in [6.07, 6.45) is -0.794. The summed E-state index contributed by atoms with van der Waals surface area (Å²) >= 11 is 0. The minimum Gasteiger partial charge on any atom is -0.493 e. The van der Waals surface area contributed by atoms with E-state index >= 15 is 0 Å². The molecule has 1 unspecified atom stereocenters. The van der Waals surface area contributed by atoms with Gasteiger partial charge >= 0.3 is 5.97 Å². The molecule has 0 radical (unpaired) electrons. The summed E-state index contributed by atoms with van der Waals surface area (Å²) in [6.45, 7) is 1.59. The lowest BCUT2D eigenvalue weighted by molar-refractivity contribution is -0.141. The van der Waals surface area contributed by atoms with Gasteiger partial charge in [0, 0.05) is 0 Å². The molecule has 2 aromatic carbocycles. The number of carbonyl (C=O) groups excluding carboxylic acids is 1. The van der Waals surface area contributed by atoms with Crippen molar-refractivity contribution in [1.82, 2.24) is 0 Å². The van der Waals surface area contributed by atoms with Crippen LogP contribution in [0.5, 0.6) is 17.2 Å². The van der Waals surface area contributed by atoms with E-state index in [1.807, 2.05) is 6.07 Å². The Kier molecular flexibility index (Phi) is 4.99. The van der Waals surface area contributed by atoms with E-state index in [1.54, 1.807) is 55.5 Å². The number of esters is 1. The molecule has 0 saturated carbocycles. The SMILES string of the molecule is COc1ccccc1OC(=O)C(C)Oc1ccc(C#N)cc1. The molecular weight excluding hydrogens is 282 g/mol. The third-order valence-corrected chi connectivity index (χ3v) is 2.91. The van der Waals surface area contributed by atoms with E-state index in [-0.39, 0.29) is 0 Å². The molecule has 2 aromatic rings. The molecule has 5 heteroatoms. The van der Waals surface area contributed by atoms with Crippen LogP contribution >= 0.6 is 0 Å². The number of benzene rings is 2. The summed E-state index contributed by atoms with van der Waals surface area (Å²) in [7, 11) is 1.50. The van der Waals surface area contributed by atoms with Crippen molar-refractivity contribution in [2.75, 3.05) is 7.11 Å². The fourth-order valence-corrected chi connectivity index (χ4v) is 1.75. The molecule has 0 aliphatic heterocycles. The van der Waals surface area contributed by atoms with Gasteiger partial charge in [0.1, 0.15) is 5.75 Å². The van der Waals surface area contributed by atoms with Crippen LogP contribution in [0.15, 0.2) is 48.5 Å². The van der Waals surface area contributed by atoms with Crippen LogP contribution in [0, 0.1) is 11.3 Å². The van der Waals surface area contributed by atoms with Crippen LogP contribution in [0.25, 0.3) is 0 Å². The lowest BCUT2D eigenvalue weighted by Gasteiger charge is -2.15. The minimum atomic E-state index is -0.794. The highest BCUT2D eigenvalue weighted by Gasteiger charge is 2.19. The largest absolute Gasteiger partial charge is 0.493 e. The molecule has 0 aliphatic carbocycles. The molecular formula is C17H15NO4. The molecule has 112 valence electrons. The van der Waals surface area contributed by atoms with Gasteiger partial charge in [0.2, 0.25) is 0 Å². The molecule has 0 fully saturated rings. The minimum absolute atomic E-state index is 0.338. The number of nitriles is 1. The monoisotopic (exact) mass is 297 g/mol. The highest BCUT2D eigenvalue weighted by molar-refractivity contribution is 5.77. The first-order chi connectivity index (χ1) is 10.6. The third-order valence-electron chi connectivity index (χ3n) is 2.91. The Bertz CT molecular complexity index is 689. The molecule has 2 rings (SSSR count). The second-order valence-electron chi connectivity index (χ2n) is 4.47. The van der Waals surface area contributed by atoms with Crippen molar-refractivity contribution < 1.29 is 19.0 Å². The molecule has 1 atom stereocenters. The van der Waals surface area contributed by atoms with Crippen molar-refractivity contribution >= 4 is 5.97 Å². The van der Waals surface area contributed by atoms with Crippen molar-refractivity contribution in [2.24, 2.45) is 0 Å². The van der Waals surface area contributed by atoms with Gasteiger partial charge in [0.15, 0.2) is 17.6 Å². The molecule has 0 amide bonds. The molecule has 0 aliphatic rings. The van der Waals surface area contributed by atoms with E-state index in [4.69, 9.17) is 19.5 Å². The van der Waals surface area contributed by atoms with E-state index < -0.39 is 12.1 Å². The first-order valence-electron chi connectivity index (χ1n) is 6.65. The van der Waals surface area contributed by atoms with Crippen molar-refractivity contribution in [3.8, 4) is 23.3 Å². The molecule has 5 nitrogen and oxygen atoms in total. The maximum absolute atomic E-state index is 12.1. The van der Waals surface area contributed by atoms with Gasteiger partial charge in [-0.3, -0.25) is 0 Å². The van der Waals surface area contributed by atoms with Crippen molar-refractivity contribution in [1.29, 1.82) is 5.26 Å². The Labute approximate surface area is 128 Å². The maximum Gasteiger partial charge on any atom is 0.352 e. The van der Waals surface area contributed by atoms with Crippen molar-refractivity contribution in [3.05, 3.63) is 54.1 Å². The number of methoxy groups -OCH3 is 1. The van der Waals surface area contributed by atoms with Crippen LogP contribution in [0.3, 0.4) is 0 Å². The average molecular weight is 297 g/mol. The van der Waals surface area contributed by atoms with E-state index in [1.165, 1.54) is 7.11 Å². The number of hydrogen-bond acceptors (Lipinski definition) is 5. The molecule has 0 spiro atoms. The molecule has 0 heterocycles. The van der Waals surface area contributed by atoms with Gasteiger partial charge in [0.05, 0.1) is 18.7 Å². The maximum atomic E-state index is 12.1. The number of ether oxygens (including phenoxy) is 3. The Hall–Kier alpha value is -3.00. The summed E-state index contributed by atoms with van der Waals surface area (Å²) in [5.74, 6) is 0.768. The van der Waals surface area contributed by atoms with Gasteiger partial charge < -0.3 is 14.2 Å². The van der Waals surface area contributed by atoms with Gasteiger partial charge in [-0.15, -0.1) is 0 Å². The quantitative estimate of drug-likeness (QED) is 0.627. The van der Waals surface area contributed by atoms with Crippen LogP contribution in [-0.2, 0) is 4.79 Å². The van der Waals surface area contributed by atoms with Gasteiger partial charge in [-0.1, -0.05) is 12.1 Å². The first kappa shape index (κ1) is 15.4. The van der Waals surface area contributed by atoms with E-state index in [2.05, 4.69) is 0 Å². The van der Waals surface area contributed by atoms with Gasteiger partial charge in [-0.05, 0) is 43.3 Å². The molecule has 22 heavy (non-hydrogen) atoms. The van der Waals surface area contributed by atoms with Gasteiger partial charge in [0.25, 0.3) is 0 Å². The van der Waals surface area contributed by atoms with E-state index in [0.29, 0.717) is 22.8 Å². The highest BCUT2D eigenvalue weighted by Crippen LogP contribution is 2.26. The fourth-order valence-electron chi connectivity index (χ4n) is 1.75. The zero-order valence-electron chi connectivity index (χ0n) is 12.3. The number of nitrogens with zero attached hydrogens (tertiary/aromatic N) is 1. The Morgan fingerprint density at radius 1 is 1.09 bits per heavy atom. The smallest absolute Gasteiger partial charge is 0.352 e. The molecule has 0 N–H and O–H groups in total. The van der Waals surface area contributed by atoms with E-state index in [9.17, 15) is 4.79 Å². The van der Waals surface area contributed by atoms with Crippen LogP contribution in [0.1, 0.15) is 12.5 Å². The summed E-state index contributed by atoms with van der Waals surface area (Å²) in [6, 6.07) is 15.4. The second-order valence-corrected chi connectivity index (χ2v) is 4.47. The summed E-state index contributed by atoms with van der Waals surface area (Å²) in [5.41, 5.74) is 0.525. The van der Waals surface area contributed by atoms with E-state index in [0.717, 1.165) is 0 Å². The number of rotatable bonds is 5. The molecule has 0 bridgehead atoms. The summed E-state index contributed by atoms with van der Waals surface area (Å²) in [5, 5.41) is 8.74. The zero-order chi connectivity index (χ0) is 15.9. The normalized spacial score (nSPS) is 11.1. The molecule has 0 saturated heterocycles. The Morgan fingerprint density at radius 3 is 2.32 bits per heavy atom. The Morgan fingerprint density at radius 2 is 1.73 bits per heavy atom. The third kappa shape index (κ3) is 3.76. The van der Waals surface area contributed by atoms with Gasteiger partial charge in [-0.2, -0.15) is 5.26 Å². The lowest BCUT2D eigenvalue weighted by atomic mass is 10.2. The highest BCUT2D eigenvalue weighted by atomic mass is 16.6.